The molecule has 12 heteroatoms. The fourth-order valence-corrected chi connectivity index (χ4v) is 4.11. The molecule has 0 unspecified atom stereocenters. The standard InChI is InChI=1S/C20H16BrClN2O8/c1-4-31-20(27)15-11(10-5-12(24(29)30)17(26)13(25)6-10)7-32-18(15)14-8(2)16(22)9(3)23(28)19(14)21/h5-7,25-26H,4H2,1-3H3. The Morgan fingerprint density at radius 1 is 1.34 bits per heavy atom. The van der Waals surface area contributed by atoms with E-state index >= 15 is 0 Å². The lowest BCUT2D eigenvalue weighted by molar-refractivity contribution is -0.623. The first-order valence-electron chi connectivity index (χ1n) is 9.08. The molecule has 2 N–H and O–H groups in total. The van der Waals surface area contributed by atoms with Crippen molar-refractivity contribution in [3.05, 3.63) is 60.2 Å². The number of phenols is 2. The minimum absolute atomic E-state index is 0.00652. The number of halogens is 2. The lowest BCUT2D eigenvalue weighted by atomic mass is 9.98. The molecule has 0 atom stereocenters. The molecule has 0 aliphatic rings. The number of carbonyl (C=O) groups is 1. The molecule has 0 spiro atoms. The Kier molecular flexibility index (Phi) is 6.33. The largest absolute Gasteiger partial charge is 0.618 e. The van der Waals surface area contributed by atoms with Gasteiger partial charge in [-0.3, -0.25) is 10.1 Å². The maximum absolute atomic E-state index is 12.9. The minimum atomic E-state index is -0.920. The number of aromatic hydroxyl groups is 2. The van der Waals surface area contributed by atoms with Gasteiger partial charge in [0.15, 0.2) is 11.5 Å². The molecule has 32 heavy (non-hydrogen) atoms. The smallest absolute Gasteiger partial charge is 0.342 e. The number of nitro groups is 1. The highest BCUT2D eigenvalue weighted by Gasteiger charge is 2.32. The van der Waals surface area contributed by atoms with Crippen molar-refractivity contribution in [1.82, 2.24) is 0 Å². The van der Waals surface area contributed by atoms with E-state index in [1.165, 1.54) is 6.92 Å². The first-order valence-corrected chi connectivity index (χ1v) is 10.3. The third kappa shape index (κ3) is 3.73. The number of furan rings is 1. The summed E-state index contributed by atoms with van der Waals surface area (Å²) in [4.78, 5) is 23.2. The molecule has 2 heterocycles. The molecule has 0 aliphatic carbocycles. The van der Waals surface area contributed by atoms with E-state index in [2.05, 4.69) is 15.9 Å². The second-order valence-corrected chi connectivity index (χ2v) is 7.81. The van der Waals surface area contributed by atoms with Gasteiger partial charge in [0.2, 0.25) is 11.4 Å². The van der Waals surface area contributed by atoms with Gasteiger partial charge < -0.3 is 24.6 Å². The number of hydrogen-bond acceptors (Lipinski definition) is 8. The van der Waals surface area contributed by atoms with Crippen molar-refractivity contribution < 1.29 is 33.8 Å². The van der Waals surface area contributed by atoms with E-state index in [1.807, 2.05) is 0 Å². The van der Waals surface area contributed by atoms with Crippen LogP contribution in [0.25, 0.3) is 22.5 Å². The number of nitro benzene ring substituents is 1. The third-order valence-corrected chi connectivity index (χ3v) is 6.06. The number of carbonyl (C=O) groups excluding carboxylic acids is 1. The van der Waals surface area contributed by atoms with Gasteiger partial charge in [0.1, 0.15) is 16.1 Å². The van der Waals surface area contributed by atoms with Crippen molar-refractivity contribution in [1.29, 1.82) is 0 Å². The van der Waals surface area contributed by atoms with Gasteiger partial charge in [0.25, 0.3) is 4.60 Å². The van der Waals surface area contributed by atoms with Crippen LogP contribution in [-0.4, -0.2) is 27.7 Å². The summed E-state index contributed by atoms with van der Waals surface area (Å²) in [5.41, 5.74) is -0.0233. The molecule has 0 saturated carbocycles. The molecule has 0 amide bonds. The molecule has 0 aliphatic heterocycles. The van der Waals surface area contributed by atoms with Gasteiger partial charge in [-0.2, -0.15) is 4.73 Å². The van der Waals surface area contributed by atoms with E-state index in [4.69, 9.17) is 20.8 Å². The van der Waals surface area contributed by atoms with Gasteiger partial charge in [-0.1, -0.05) is 11.6 Å². The predicted molar refractivity (Wildman–Crippen MR) is 117 cm³/mol. The monoisotopic (exact) mass is 526 g/mol. The summed E-state index contributed by atoms with van der Waals surface area (Å²) in [6, 6.07) is 2.02. The summed E-state index contributed by atoms with van der Waals surface area (Å²) in [6.07, 6.45) is 1.13. The predicted octanol–water partition coefficient (Wildman–Crippen LogP) is 4.78. The van der Waals surface area contributed by atoms with Gasteiger partial charge in [-0.05, 0) is 31.0 Å². The normalized spacial score (nSPS) is 10.9. The Balaban J connectivity index is 2.38. The summed E-state index contributed by atoms with van der Waals surface area (Å²) in [6.45, 7) is 4.75. The molecule has 0 radical (unpaired) electrons. The summed E-state index contributed by atoms with van der Waals surface area (Å²) in [7, 11) is 0. The van der Waals surface area contributed by atoms with E-state index in [0.29, 0.717) is 10.3 Å². The quantitative estimate of drug-likeness (QED) is 0.0915. The molecule has 3 aromatic rings. The van der Waals surface area contributed by atoms with Crippen LogP contribution in [0.3, 0.4) is 0 Å². The van der Waals surface area contributed by atoms with Crippen molar-refractivity contribution >= 4 is 39.2 Å². The molecule has 0 saturated heterocycles. The number of ether oxygens (including phenoxy) is 1. The SMILES string of the molecule is CCOC(=O)c1c(-c2cc(O)c(O)c([N+](=O)[O-])c2)coc1-c1c(C)c(Cl)c(C)[n+]([O-])c1Br. The second-order valence-electron chi connectivity index (χ2n) is 6.68. The lowest BCUT2D eigenvalue weighted by Gasteiger charge is -2.13. The highest BCUT2D eigenvalue weighted by atomic mass is 79.9. The fraction of sp³-hybridized carbons (Fsp3) is 0.200. The van der Waals surface area contributed by atoms with E-state index in [-0.39, 0.29) is 49.9 Å². The fourth-order valence-electron chi connectivity index (χ4n) is 3.20. The third-order valence-electron chi connectivity index (χ3n) is 4.79. The summed E-state index contributed by atoms with van der Waals surface area (Å²) < 4.78 is 11.3. The van der Waals surface area contributed by atoms with Crippen LogP contribution in [0.4, 0.5) is 5.69 Å². The minimum Gasteiger partial charge on any atom is -0.618 e. The number of aromatic nitrogens is 1. The second kappa shape index (κ2) is 8.67. The summed E-state index contributed by atoms with van der Waals surface area (Å²) in [5, 5.41) is 43.7. The van der Waals surface area contributed by atoms with Gasteiger partial charge in [0, 0.05) is 34.5 Å². The number of hydrogen-bond donors (Lipinski definition) is 2. The first-order chi connectivity index (χ1) is 15.0. The molecule has 0 fully saturated rings. The Hall–Kier alpha value is -3.31. The number of nitrogens with zero attached hydrogens (tertiary/aromatic N) is 2. The first kappa shape index (κ1) is 23.4. The molecule has 0 bridgehead atoms. The molecule has 168 valence electrons. The van der Waals surface area contributed by atoms with Crippen molar-refractivity contribution in [2.24, 2.45) is 0 Å². The molecule has 2 aromatic heterocycles. The molecule has 1 aromatic carbocycles. The van der Waals surface area contributed by atoms with Crippen molar-refractivity contribution in [3.63, 3.8) is 0 Å². The van der Waals surface area contributed by atoms with Gasteiger partial charge >= 0.3 is 11.7 Å². The van der Waals surface area contributed by atoms with Crippen molar-refractivity contribution in [3.8, 4) is 33.9 Å². The molecular weight excluding hydrogens is 512 g/mol. The zero-order valence-electron chi connectivity index (χ0n) is 16.9. The number of phenolic OH excluding ortho intramolecular Hbond substituents is 2. The number of rotatable bonds is 5. The Labute approximate surface area is 194 Å². The number of pyridine rings is 1. The van der Waals surface area contributed by atoms with Crippen LogP contribution in [0.2, 0.25) is 5.02 Å². The van der Waals surface area contributed by atoms with Gasteiger partial charge in [0.05, 0.1) is 17.8 Å². The van der Waals surface area contributed by atoms with Crippen LogP contribution < -0.4 is 4.73 Å². The highest BCUT2D eigenvalue weighted by molar-refractivity contribution is 9.10. The van der Waals surface area contributed by atoms with E-state index in [9.17, 15) is 30.3 Å². The molecular formula is C20H16BrClN2O8. The van der Waals surface area contributed by atoms with Crippen LogP contribution in [0.1, 0.15) is 28.5 Å². The Bertz CT molecular complexity index is 1240. The highest BCUT2D eigenvalue weighted by Crippen LogP contribution is 2.44. The van der Waals surface area contributed by atoms with Gasteiger partial charge in [-0.25, -0.2) is 4.79 Å². The number of esters is 1. The van der Waals surface area contributed by atoms with Crippen LogP contribution in [0.15, 0.2) is 27.4 Å². The lowest BCUT2D eigenvalue weighted by Crippen LogP contribution is -2.33. The summed E-state index contributed by atoms with van der Waals surface area (Å²) >= 11 is 9.50. The zero-order chi connectivity index (χ0) is 23.9. The molecule has 10 nitrogen and oxygen atoms in total. The van der Waals surface area contributed by atoms with E-state index in [0.717, 1.165) is 18.4 Å². The van der Waals surface area contributed by atoms with Crippen LogP contribution in [-0.2, 0) is 4.74 Å². The number of benzene rings is 1. The summed E-state index contributed by atoms with van der Waals surface area (Å²) in [5.74, 6) is -2.58. The Morgan fingerprint density at radius 3 is 2.59 bits per heavy atom. The van der Waals surface area contributed by atoms with Crippen LogP contribution >= 0.6 is 27.5 Å². The van der Waals surface area contributed by atoms with E-state index < -0.39 is 28.1 Å². The molecule has 3 rings (SSSR count). The maximum Gasteiger partial charge on any atom is 0.342 e. The average Bonchev–Trinajstić information content (AvgIpc) is 3.17. The van der Waals surface area contributed by atoms with Gasteiger partial charge in [-0.15, -0.1) is 0 Å². The van der Waals surface area contributed by atoms with Crippen molar-refractivity contribution in [2.75, 3.05) is 6.61 Å². The maximum atomic E-state index is 12.9. The van der Waals surface area contributed by atoms with Crippen molar-refractivity contribution in [2.45, 2.75) is 20.8 Å². The average molecular weight is 528 g/mol. The van der Waals surface area contributed by atoms with Crippen LogP contribution in [0.5, 0.6) is 11.5 Å². The Morgan fingerprint density at radius 2 is 2.00 bits per heavy atom. The van der Waals surface area contributed by atoms with Crippen LogP contribution in [0, 0.1) is 29.2 Å². The zero-order valence-corrected chi connectivity index (χ0v) is 19.3. The topological polar surface area (TPSA) is 150 Å². The van der Waals surface area contributed by atoms with E-state index in [1.54, 1.807) is 13.8 Å².